The van der Waals surface area contributed by atoms with Gasteiger partial charge in [-0.15, -0.1) is 0 Å². The third-order valence-electron chi connectivity index (χ3n) is 4.90. The molecule has 0 unspecified atom stereocenters. The first-order valence-electron chi connectivity index (χ1n) is 9.55. The molecule has 10 heteroatoms. The first-order chi connectivity index (χ1) is 14.8. The molecule has 3 heterocycles. The number of carbonyl (C=O) groups is 1. The molecule has 0 spiro atoms. The van der Waals surface area contributed by atoms with Crippen LogP contribution in [-0.4, -0.2) is 32.3 Å². The minimum absolute atomic E-state index is 0.0665. The van der Waals surface area contributed by atoms with Crippen molar-refractivity contribution in [2.75, 3.05) is 6.54 Å². The van der Waals surface area contributed by atoms with Crippen LogP contribution in [0.2, 0.25) is 5.02 Å². The number of aromatic nitrogens is 3. The second-order valence-corrected chi connectivity index (χ2v) is 7.59. The lowest BCUT2D eigenvalue weighted by Gasteiger charge is -2.19. The third kappa shape index (κ3) is 4.99. The molecular weight excluding hydrogens is 433 g/mol. The quantitative estimate of drug-likeness (QED) is 0.553. The highest BCUT2D eigenvalue weighted by molar-refractivity contribution is 6.30. The number of ether oxygens (including phenoxy) is 1. The number of fused-ring (bicyclic) bond motifs is 1. The molecule has 0 saturated heterocycles. The predicted molar refractivity (Wildman–Crippen MR) is 107 cm³/mol. The van der Waals surface area contributed by atoms with Gasteiger partial charge in [0.15, 0.2) is 0 Å². The van der Waals surface area contributed by atoms with Gasteiger partial charge in [0, 0.05) is 36.1 Å². The van der Waals surface area contributed by atoms with Crippen molar-refractivity contribution in [2.24, 2.45) is 0 Å². The van der Waals surface area contributed by atoms with Gasteiger partial charge in [-0.05, 0) is 48.4 Å². The van der Waals surface area contributed by atoms with Crippen LogP contribution in [0.3, 0.4) is 0 Å². The summed E-state index contributed by atoms with van der Waals surface area (Å²) in [6.45, 7) is 1.09. The number of hydrogen-bond acceptors (Lipinski definition) is 4. The molecule has 0 saturated carbocycles. The lowest BCUT2D eigenvalue weighted by molar-refractivity contribution is -0.137. The summed E-state index contributed by atoms with van der Waals surface area (Å²) in [5.41, 5.74) is 1.85. The van der Waals surface area contributed by atoms with E-state index in [0.717, 1.165) is 29.1 Å². The normalized spacial score (nSPS) is 14.1. The van der Waals surface area contributed by atoms with Crippen molar-refractivity contribution in [3.63, 3.8) is 0 Å². The van der Waals surface area contributed by atoms with E-state index in [1.165, 1.54) is 11.0 Å². The number of rotatable bonds is 3. The Balaban J connectivity index is 1.44. The molecule has 4 rings (SSSR count). The molecular formula is C21H18ClF3N4O2. The zero-order valence-corrected chi connectivity index (χ0v) is 17.0. The smallest absolute Gasteiger partial charge is 0.416 e. The van der Waals surface area contributed by atoms with Crippen molar-refractivity contribution in [2.45, 2.75) is 32.3 Å². The van der Waals surface area contributed by atoms with Gasteiger partial charge in [-0.2, -0.15) is 18.3 Å². The summed E-state index contributed by atoms with van der Waals surface area (Å²) in [7, 11) is 0. The fraction of sp³-hybridized carbons (Fsp3) is 0.286. The molecule has 0 atom stereocenters. The number of aryl methyl sites for hydroxylation is 1. The van der Waals surface area contributed by atoms with Crippen molar-refractivity contribution in [3.05, 3.63) is 70.6 Å². The Kier molecular flexibility index (Phi) is 5.86. The Morgan fingerprint density at radius 2 is 1.90 bits per heavy atom. The van der Waals surface area contributed by atoms with E-state index in [-0.39, 0.29) is 17.2 Å². The summed E-state index contributed by atoms with van der Waals surface area (Å²) in [5.74, 6) is 0. The average Bonchev–Trinajstić information content (AvgIpc) is 3.03. The van der Waals surface area contributed by atoms with E-state index < -0.39 is 17.8 Å². The van der Waals surface area contributed by atoms with Crippen molar-refractivity contribution in [3.8, 4) is 11.3 Å². The topological polar surface area (TPSA) is 60.2 Å². The summed E-state index contributed by atoms with van der Waals surface area (Å²) >= 11 is 5.79. The highest BCUT2D eigenvalue weighted by Gasteiger charge is 2.31. The second kappa shape index (κ2) is 8.58. The van der Waals surface area contributed by atoms with E-state index >= 15 is 0 Å². The minimum Gasteiger partial charge on any atom is -0.445 e. The number of nitrogens with zero attached hydrogens (tertiary/aromatic N) is 4. The lowest BCUT2D eigenvalue weighted by Crippen LogP contribution is -2.31. The van der Waals surface area contributed by atoms with Crippen LogP contribution < -0.4 is 0 Å². The van der Waals surface area contributed by atoms with Crippen molar-refractivity contribution in [1.29, 1.82) is 0 Å². The Morgan fingerprint density at radius 1 is 1.13 bits per heavy atom. The van der Waals surface area contributed by atoms with Gasteiger partial charge in [-0.3, -0.25) is 9.67 Å². The molecule has 0 radical (unpaired) electrons. The number of hydrogen-bond donors (Lipinski definition) is 0. The minimum atomic E-state index is -4.53. The van der Waals surface area contributed by atoms with Gasteiger partial charge >= 0.3 is 12.3 Å². The van der Waals surface area contributed by atoms with Gasteiger partial charge in [-0.25, -0.2) is 4.79 Å². The molecule has 1 amide bonds. The molecule has 2 aromatic heterocycles. The number of pyridine rings is 1. The number of halogens is 4. The summed E-state index contributed by atoms with van der Waals surface area (Å²) in [6, 6.07) is 8.74. The van der Waals surface area contributed by atoms with E-state index in [2.05, 4.69) is 10.1 Å². The maximum atomic E-state index is 13.0. The Bertz CT molecular complexity index is 1090. The molecule has 162 valence electrons. The Hall–Kier alpha value is -3.07. The van der Waals surface area contributed by atoms with E-state index in [1.807, 2.05) is 22.9 Å². The van der Waals surface area contributed by atoms with Gasteiger partial charge in [0.2, 0.25) is 0 Å². The molecule has 0 aliphatic carbocycles. The summed E-state index contributed by atoms with van der Waals surface area (Å²) in [4.78, 5) is 18.1. The maximum Gasteiger partial charge on any atom is 0.416 e. The third-order valence-corrected chi connectivity index (χ3v) is 5.11. The molecule has 31 heavy (non-hydrogen) atoms. The standard InChI is InChI=1S/C21H18ClF3N4O2/c22-17-9-14(8-16(10-17)21(23,24)25)13-31-20(30)28-6-1-7-29-18(12-28)11-19(27-29)15-2-4-26-5-3-15/h2-5,8-11H,1,6-7,12-13H2. The average molecular weight is 451 g/mol. The van der Waals surface area contributed by atoms with E-state index in [9.17, 15) is 18.0 Å². The fourth-order valence-corrected chi connectivity index (χ4v) is 3.67. The number of benzene rings is 1. The molecule has 6 nitrogen and oxygen atoms in total. The zero-order valence-electron chi connectivity index (χ0n) is 16.3. The van der Waals surface area contributed by atoms with Crippen LogP contribution in [0.4, 0.5) is 18.0 Å². The molecule has 0 N–H and O–H groups in total. The molecule has 3 aromatic rings. The summed E-state index contributed by atoms with van der Waals surface area (Å²) in [6.07, 6.45) is -1.09. The van der Waals surface area contributed by atoms with E-state index in [4.69, 9.17) is 16.3 Å². The van der Waals surface area contributed by atoms with Crippen LogP contribution >= 0.6 is 11.6 Å². The Morgan fingerprint density at radius 3 is 2.65 bits per heavy atom. The fourth-order valence-electron chi connectivity index (χ4n) is 3.42. The van der Waals surface area contributed by atoms with Crippen LogP contribution in [-0.2, 0) is 30.6 Å². The highest BCUT2D eigenvalue weighted by Crippen LogP contribution is 2.32. The molecule has 0 fully saturated rings. The second-order valence-electron chi connectivity index (χ2n) is 7.16. The van der Waals surface area contributed by atoms with Crippen molar-refractivity contribution < 1.29 is 22.7 Å². The molecule has 1 aliphatic heterocycles. The van der Waals surface area contributed by atoms with Crippen LogP contribution in [0.25, 0.3) is 11.3 Å². The maximum absolute atomic E-state index is 13.0. The largest absolute Gasteiger partial charge is 0.445 e. The van der Waals surface area contributed by atoms with Crippen molar-refractivity contribution in [1.82, 2.24) is 19.7 Å². The lowest BCUT2D eigenvalue weighted by atomic mass is 10.1. The molecule has 1 aromatic carbocycles. The number of amides is 1. The molecule has 1 aliphatic rings. The van der Waals surface area contributed by atoms with Gasteiger partial charge in [0.25, 0.3) is 0 Å². The van der Waals surface area contributed by atoms with Gasteiger partial charge in [0.05, 0.1) is 23.5 Å². The van der Waals surface area contributed by atoms with E-state index in [0.29, 0.717) is 26.1 Å². The van der Waals surface area contributed by atoms with Crippen LogP contribution in [0, 0.1) is 0 Å². The summed E-state index contributed by atoms with van der Waals surface area (Å²) < 4.78 is 46.0. The number of carbonyl (C=O) groups excluding carboxylic acids is 1. The van der Waals surface area contributed by atoms with Crippen LogP contribution in [0.15, 0.2) is 48.8 Å². The van der Waals surface area contributed by atoms with Gasteiger partial charge in [-0.1, -0.05) is 11.6 Å². The number of alkyl halides is 3. The first kappa shape index (κ1) is 21.2. The van der Waals surface area contributed by atoms with Gasteiger partial charge in [0.1, 0.15) is 6.61 Å². The summed E-state index contributed by atoms with van der Waals surface area (Å²) in [5, 5.41) is 4.53. The highest BCUT2D eigenvalue weighted by atomic mass is 35.5. The Labute approximate surface area is 181 Å². The monoisotopic (exact) mass is 450 g/mol. The van der Waals surface area contributed by atoms with Gasteiger partial charge < -0.3 is 9.64 Å². The van der Waals surface area contributed by atoms with Crippen LogP contribution in [0.5, 0.6) is 0 Å². The van der Waals surface area contributed by atoms with E-state index in [1.54, 1.807) is 12.4 Å². The molecule has 0 bridgehead atoms. The zero-order chi connectivity index (χ0) is 22.0. The van der Waals surface area contributed by atoms with Crippen LogP contribution in [0.1, 0.15) is 23.2 Å². The van der Waals surface area contributed by atoms with Crippen molar-refractivity contribution >= 4 is 17.7 Å². The predicted octanol–water partition coefficient (Wildman–Crippen LogP) is 5.16. The SMILES string of the molecule is O=C(OCc1cc(Cl)cc(C(F)(F)F)c1)N1CCCn2nc(-c3ccncc3)cc2C1. The first-order valence-corrected chi connectivity index (χ1v) is 9.93.